The molecule has 0 aromatic heterocycles. The van der Waals surface area contributed by atoms with Crippen molar-refractivity contribution in [1.82, 2.24) is 9.80 Å². The molecule has 1 aliphatic heterocycles. The molecule has 0 bridgehead atoms. The van der Waals surface area contributed by atoms with Gasteiger partial charge in [0.05, 0.1) is 12.9 Å². The van der Waals surface area contributed by atoms with E-state index in [1.54, 1.807) is 0 Å². The van der Waals surface area contributed by atoms with Crippen molar-refractivity contribution in [2.75, 3.05) is 26.5 Å². The Kier molecular flexibility index (Phi) is 4.79. The fourth-order valence-electron chi connectivity index (χ4n) is 0.794. The summed E-state index contributed by atoms with van der Waals surface area (Å²) >= 11 is 0. The van der Waals surface area contributed by atoms with Crippen LogP contribution >= 0.6 is 0 Å². The number of hydrogen-bond acceptors (Lipinski definition) is 4. The maximum atomic E-state index is 9.19. The number of hydrogen-bond donors (Lipinski definition) is 1. The van der Waals surface area contributed by atoms with Crippen LogP contribution in [0.2, 0.25) is 0 Å². The highest BCUT2D eigenvalue weighted by Gasteiger charge is 2.03. The van der Waals surface area contributed by atoms with Crippen molar-refractivity contribution in [3.05, 3.63) is 12.4 Å². The molecule has 13 heavy (non-hydrogen) atoms. The van der Waals surface area contributed by atoms with E-state index in [1.165, 1.54) is 0 Å². The summed E-state index contributed by atoms with van der Waals surface area (Å²) in [6, 6.07) is 0. The van der Waals surface area contributed by atoms with Gasteiger partial charge in [-0.1, -0.05) is 0 Å². The molecule has 1 aliphatic rings. The molecule has 0 amide bonds. The third-order valence-electron chi connectivity index (χ3n) is 1.34. The second-order valence-electron chi connectivity index (χ2n) is 2.83. The Bertz CT molecular complexity index is 253. The van der Waals surface area contributed by atoms with E-state index in [0.29, 0.717) is 6.26 Å². The molecule has 0 atom stereocenters. The average molecular weight is 208 g/mol. The minimum Gasteiger partial charge on any atom is -0.362 e. The van der Waals surface area contributed by atoms with Crippen molar-refractivity contribution in [3.63, 3.8) is 0 Å². The topological polar surface area (TPSA) is 60.9 Å². The van der Waals surface area contributed by atoms with Crippen molar-refractivity contribution in [2.45, 2.75) is 6.92 Å². The highest BCUT2D eigenvalue weighted by atomic mass is 32.2. The van der Waals surface area contributed by atoms with Crippen molar-refractivity contribution < 1.29 is 13.0 Å². The molecule has 0 radical (unpaired) electrons. The summed E-state index contributed by atoms with van der Waals surface area (Å²) in [6.07, 6.45) is 4.91. The zero-order valence-corrected chi connectivity index (χ0v) is 8.95. The van der Waals surface area contributed by atoms with Crippen LogP contribution in [0.25, 0.3) is 0 Å². The van der Waals surface area contributed by atoms with E-state index in [-0.39, 0.29) is 0 Å². The van der Waals surface area contributed by atoms with E-state index >= 15 is 0 Å². The molecule has 0 saturated carbocycles. The summed E-state index contributed by atoms with van der Waals surface area (Å²) in [5.74, 6) is 0. The highest BCUT2D eigenvalue weighted by Crippen LogP contribution is 2.00. The van der Waals surface area contributed by atoms with E-state index in [1.807, 2.05) is 0 Å². The molecule has 0 aromatic rings. The maximum Gasteiger partial charge on any atom is 0.261 e. The zero-order valence-electron chi connectivity index (χ0n) is 8.14. The van der Waals surface area contributed by atoms with Gasteiger partial charge in [-0.2, -0.15) is 8.42 Å². The third kappa shape index (κ3) is 9.16. The van der Waals surface area contributed by atoms with Gasteiger partial charge in [0.1, 0.15) is 0 Å². The highest BCUT2D eigenvalue weighted by molar-refractivity contribution is 7.85. The van der Waals surface area contributed by atoms with Gasteiger partial charge < -0.3 is 9.80 Å². The molecular weight excluding hydrogens is 192 g/mol. The second-order valence-corrected chi connectivity index (χ2v) is 4.30. The Morgan fingerprint density at radius 2 is 1.92 bits per heavy atom. The van der Waals surface area contributed by atoms with E-state index in [4.69, 9.17) is 4.55 Å². The smallest absolute Gasteiger partial charge is 0.261 e. The molecule has 1 rings (SSSR count). The fraction of sp³-hybridized carbons (Fsp3) is 0.714. The second kappa shape index (κ2) is 5.08. The van der Waals surface area contributed by atoms with Crippen LogP contribution in [-0.2, 0) is 10.1 Å². The zero-order chi connectivity index (χ0) is 10.5. The Morgan fingerprint density at radius 1 is 1.46 bits per heavy atom. The van der Waals surface area contributed by atoms with Gasteiger partial charge in [0, 0.05) is 26.0 Å². The Balaban J connectivity index is 0.000000252. The van der Waals surface area contributed by atoms with Gasteiger partial charge in [-0.3, -0.25) is 4.55 Å². The van der Waals surface area contributed by atoms with Crippen LogP contribution in [0.15, 0.2) is 12.4 Å². The first kappa shape index (κ1) is 12.2. The molecule has 0 aliphatic carbocycles. The number of rotatable bonds is 1. The van der Waals surface area contributed by atoms with Crippen LogP contribution in [0.5, 0.6) is 0 Å². The van der Waals surface area contributed by atoms with Gasteiger partial charge in [0.2, 0.25) is 0 Å². The largest absolute Gasteiger partial charge is 0.362 e. The fourth-order valence-corrected chi connectivity index (χ4v) is 0.794. The van der Waals surface area contributed by atoms with E-state index < -0.39 is 10.1 Å². The van der Waals surface area contributed by atoms with Crippen molar-refractivity contribution in [1.29, 1.82) is 0 Å². The SMILES string of the molecule is CCN1C=CN(C)C1.CS(=O)(=O)O. The van der Waals surface area contributed by atoms with Gasteiger partial charge in [0.25, 0.3) is 10.1 Å². The van der Waals surface area contributed by atoms with Gasteiger partial charge >= 0.3 is 0 Å². The third-order valence-corrected chi connectivity index (χ3v) is 1.34. The van der Waals surface area contributed by atoms with Crippen LogP contribution in [-0.4, -0.2) is 49.3 Å². The summed E-state index contributed by atoms with van der Waals surface area (Å²) in [4.78, 5) is 4.41. The minimum absolute atomic E-state index is 0.715. The Hall–Kier alpha value is -0.750. The standard InChI is InChI=1S/C6H12N2.CH4O3S/c1-3-8-5-4-7(2)6-8;1-5(2,3)4/h4-5H,3,6H2,1-2H3;1H3,(H,2,3,4). The van der Waals surface area contributed by atoms with Crippen molar-refractivity contribution in [3.8, 4) is 0 Å². The predicted octanol–water partition coefficient (Wildman–Crippen LogP) is 0.186. The maximum absolute atomic E-state index is 9.19. The summed E-state index contributed by atoms with van der Waals surface area (Å²) < 4.78 is 25.9. The van der Waals surface area contributed by atoms with Crippen LogP contribution in [0.4, 0.5) is 0 Å². The molecule has 1 heterocycles. The summed E-state index contributed by atoms with van der Waals surface area (Å²) in [5, 5.41) is 0. The molecule has 0 fully saturated rings. The first-order chi connectivity index (χ1) is 5.83. The molecule has 0 saturated heterocycles. The number of nitrogens with zero attached hydrogens (tertiary/aromatic N) is 2. The summed E-state index contributed by atoms with van der Waals surface area (Å²) in [6.45, 7) is 4.32. The molecule has 78 valence electrons. The minimum atomic E-state index is -3.67. The molecule has 6 heteroatoms. The molecule has 0 aromatic carbocycles. The van der Waals surface area contributed by atoms with Gasteiger partial charge in [-0.25, -0.2) is 0 Å². The van der Waals surface area contributed by atoms with Crippen LogP contribution < -0.4 is 0 Å². The van der Waals surface area contributed by atoms with Crippen LogP contribution in [0.1, 0.15) is 6.92 Å². The molecule has 5 nitrogen and oxygen atoms in total. The lowest BCUT2D eigenvalue weighted by molar-refractivity contribution is 0.308. The van der Waals surface area contributed by atoms with Gasteiger partial charge in [-0.05, 0) is 6.92 Å². The average Bonchev–Trinajstić information content (AvgIpc) is 2.31. The Morgan fingerprint density at radius 3 is 2.08 bits per heavy atom. The predicted molar refractivity (Wildman–Crippen MR) is 51.6 cm³/mol. The lowest BCUT2D eigenvalue weighted by Gasteiger charge is -2.14. The summed E-state index contributed by atoms with van der Waals surface area (Å²) in [5.41, 5.74) is 0. The Labute approximate surface area is 79.4 Å². The first-order valence-electron chi connectivity index (χ1n) is 3.88. The van der Waals surface area contributed by atoms with Crippen LogP contribution in [0.3, 0.4) is 0 Å². The summed E-state index contributed by atoms with van der Waals surface area (Å²) in [7, 11) is -1.59. The van der Waals surface area contributed by atoms with Gasteiger partial charge in [0.15, 0.2) is 0 Å². The van der Waals surface area contributed by atoms with E-state index in [9.17, 15) is 8.42 Å². The molecule has 1 N–H and O–H groups in total. The molecular formula is C7H16N2O3S. The molecule has 0 spiro atoms. The normalized spacial score (nSPS) is 15.7. The van der Waals surface area contributed by atoms with Crippen molar-refractivity contribution >= 4 is 10.1 Å². The first-order valence-corrected chi connectivity index (χ1v) is 5.73. The van der Waals surface area contributed by atoms with Gasteiger partial charge in [-0.15, -0.1) is 0 Å². The monoisotopic (exact) mass is 208 g/mol. The van der Waals surface area contributed by atoms with Crippen molar-refractivity contribution in [2.24, 2.45) is 0 Å². The lowest BCUT2D eigenvalue weighted by Crippen LogP contribution is -2.21. The van der Waals surface area contributed by atoms with Crippen LogP contribution in [0, 0.1) is 0 Å². The van der Waals surface area contributed by atoms with E-state index in [0.717, 1.165) is 13.2 Å². The lowest BCUT2D eigenvalue weighted by atomic mass is 10.6. The molecule has 0 unspecified atom stereocenters. The van der Waals surface area contributed by atoms with E-state index in [2.05, 4.69) is 36.2 Å². The quantitative estimate of drug-likeness (QED) is 0.623.